The normalized spacial score (nSPS) is 20.7. The van der Waals surface area contributed by atoms with E-state index >= 15 is 0 Å². The molecule has 0 bridgehead atoms. The highest BCUT2D eigenvalue weighted by molar-refractivity contribution is 6.17. The van der Waals surface area contributed by atoms with E-state index in [1.165, 1.54) is 0 Å². The minimum absolute atomic E-state index is 0.0624. The molecule has 6 heteroatoms. The molecule has 0 aliphatic carbocycles. The quantitative estimate of drug-likeness (QED) is 0.686. The van der Waals surface area contributed by atoms with Gasteiger partial charge in [-0.25, -0.2) is 0 Å². The second-order valence-corrected chi connectivity index (χ2v) is 4.65. The fourth-order valence-electron chi connectivity index (χ4n) is 2.05. The van der Waals surface area contributed by atoms with Crippen LogP contribution in [0.15, 0.2) is 18.2 Å². The molecular weight excluding hydrogens is 234 g/mol. The summed E-state index contributed by atoms with van der Waals surface area (Å²) in [5, 5.41) is 0. The van der Waals surface area contributed by atoms with E-state index in [1.54, 1.807) is 14.7 Å². The fraction of sp³-hybridized carbons (Fsp3) is 0.250. The third-order valence-corrected chi connectivity index (χ3v) is 3.30. The van der Waals surface area contributed by atoms with E-state index in [1.807, 2.05) is 18.2 Å². The summed E-state index contributed by atoms with van der Waals surface area (Å²) in [7, 11) is 0. The van der Waals surface area contributed by atoms with Crippen LogP contribution in [0.5, 0.6) is 0 Å². The molecule has 18 heavy (non-hydrogen) atoms. The van der Waals surface area contributed by atoms with Crippen molar-refractivity contribution in [2.24, 2.45) is 0 Å². The first-order valence-electron chi connectivity index (χ1n) is 5.70. The van der Waals surface area contributed by atoms with Crippen LogP contribution in [0.4, 0.5) is 17.1 Å². The van der Waals surface area contributed by atoms with Crippen molar-refractivity contribution in [1.29, 1.82) is 0 Å². The first-order chi connectivity index (χ1) is 8.63. The van der Waals surface area contributed by atoms with Gasteiger partial charge >= 0.3 is 0 Å². The lowest BCUT2D eigenvalue weighted by molar-refractivity contribution is -0.110. The molecule has 6 nitrogen and oxygen atoms in total. The highest BCUT2D eigenvalue weighted by Crippen LogP contribution is 2.37. The fourth-order valence-corrected chi connectivity index (χ4v) is 2.05. The molecule has 4 rings (SSSR count). The van der Waals surface area contributed by atoms with E-state index in [-0.39, 0.29) is 17.7 Å². The smallest absolute Gasteiger partial charge is 0.247 e. The monoisotopic (exact) mass is 243 g/mol. The molecule has 1 aromatic rings. The lowest BCUT2D eigenvalue weighted by Gasteiger charge is -2.10. The minimum Gasteiger partial charge on any atom is -0.301 e. The summed E-state index contributed by atoms with van der Waals surface area (Å²) in [5.74, 6) is 0.187. The van der Waals surface area contributed by atoms with Gasteiger partial charge in [-0.15, -0.1) is 0 Å². The molecule has 0 saturated carbocycles. The number of anilines is 3. The molecule has 0 N–H and O–H groups in total. The summed E-state index contributed by atoms with van der Waals surface area (Å²) in [5.41, 5.74) is 2.27. The zero-order valence-electron chi connectivity index (χ0n) is 9.42. The molecule has 0 unspecified atom stereocenters. The van der Waals surface area contributed by atoms with E-state index in [9.17, 15) is 14.4 Å². The van der Waals surface area contributed by atoms with Gasteiger partial charge in [-0.05, 0) is 18.2 Å². The number of rotatable bonds is 3. The SMILES string of the molecule is O=C1CN1c1cc(N2CC2=O)cc(N2CC2=O)c1. The summed E-state index contributed by atoms with van der Waals surface area (Å²) in [6.45, 7) is 1.22. The van der Waals surface area contributed by atoms with Gasteiger partial charge in [0.1, 0.15) is 19.6 Å². The van der Waals surface area contributed by atoms with E-state index in [0.717, 1.165) is 17.1 Å². The summed E-state index contributed by atoms with van der Waals surface area (Å²) in [4.78, 5) is 38.4. The van der Waals surface area contributed by atoms with Crippen LogP contribution < -0.4 is 14.7 Å². The van der Waals surface area contributed by atoms with Crippen molar-refractivity contribution in [3.63, 3.8) is 0 Å². The third kappa shape index (κ3) is 1.38. The summed E-state index contributed by atoms with van der Waals surface area (Å²) < 4.78 is 0. The number of carbonyl (C=O) groups is 3. The third-order valence-electron chi connectivity index (χ3n) is 3.30. The standard InChI is InChI=1S/C12H9N3O3/c16-10-4-13(10)7-1-8(14-5-11(14)17)3-9(2-7)15-6-12(15)18/h1-3H,4-6H2. The Bertz CT molecular complexity index is 527. The number of hydrogen-bond acceptors (Lipinski definition) is 3. The van der Waals surface area contributed by atoms with Crippen LogP contribution >= 0.6 is 0 Å². The maximum Gasteiger partial charge on any atom is 0.247 e. The Morgan fingerprint density at radius 2 is 0.833 bits per heavy atom. The highest BCUT2D eigenvalue weighted by atomic mass is 16.2. The van der Waals surface area contributed by atoms with Crippen LogP contribution in [-0.4, -0.2) is 37.4 Å². The molecule has 3 heterocycles. The average molecular weight is 243 g/mol. The largest absolute Gasteiger partial charge is 0.301 e. The van der Waals surface area contributed by atoms with Crippen molar-refractivity contribution in [3.8, 4) is 0 Å². The Balaban J connectivity index is 1.76. The van der Waals surface area contributed by atoms with Gasteiger partial charge in [-0.2, -0.15) is 0 Å². The Kier molecular flexibility index (Phi) is 1.55. The molecule has 3 fully saturated rings. The zero-order valence-corrected chi connectivity index (χ0v) is 9.42. The van der Waals surface area contributed by atoms with Crippen molar-refractivity contribution < 1.29 is 14.4 Å². The molecule has 3 saturated heterocycles. The molecular formula is C12H9N3O3. The van der Waals surface area contributed by atoms with Crippen molar-refractivity contribution in [1.82, 2.24) is 0 Å². The van der Waals surface area contributed by atoms with Gasteiger partial charge in [-0.1, -0.05) is 0 Å². The Labute approximate surface area is 102 Å². The van der Waals surface area contributed by atoms with Gasteiger partial charge in [-0.3, -0.25) is 14.4 Å². The van der Waals surface area contributed by atoms with Gasteiger partial charge in [0.2, 0.25) is 17.7 Å². The van der Waals surface area contributed by atoms with E-state index < -0.39 is 0 Å². The van der Waals surface area contributed by atoms with E-state index in [0.29, 0.717) is 19.6 Å². The summed E-state index contributed by atoms with van der Waals surface area (Å²) in [6.07, 6.45) is 0. The van der Waals surface area contributed by atoms with E-state index in [4.69, 9.17) is 0 Å². The van der Waals surface area contributed by atoms with Crippen LogP contribution in [-0.2, 0) is 14.4 Å². The Morgan fingerprint density at radius 3 is 1.00 bits per heavy atom. The van der Waals surface area contributed by atoms with Crippen LogP contribution in [0.2, 0.25) is 0 Å². The average Bonchev–Trinajstić information content (AvgIpc) is 3.21. The Hall–Kier alpha value is -2.37. The molecule has 0 atom stereocenters. The Morgan fingerprint density at radius 1 is 0.611 bits per heavy atom. The van der Waals surface area contributed by atoms with E-state index in [2.05, 4.69) is 0 Å². The first-order valence-corrected chi connectivity index (χ1v) is 5.70. The van der Waals surface area contributed by atoms with Gasteiger partial charge in [0.15, 0.2) is 0 Å². The minimum atomic E-state index is 0.0624. The van der Waals surface area contributed by atoms with Gasteiger partial charge < -0.3 is 14.7 Å². The molecule has 90 valence electrons. The molecule has 3 aliphatic heterocycles. The highest BCUT2D eigenvalue weighted by Gasteiger charge is 2.38. The number of amides is 3. The first kappa shape index (κ1) is 9.64. The molecule has 3 amide bonds. The number of hydrogen-bond donors (Lipinski definition) is 0. The molecule has 0 radical (unpaired) electrons. The van der Waals surface area contributed by atoms with Crippen LogP contribution in [0, 0.1) is 0 Å². The number of nitrogens with zero attached hydrogens (tertiary/aromatic N) is 3. The van der Waals surface area contributed by atoms with Gasteiger partial charge in [0, 0.05) is 17.1 Å². The zero-order chi connectivity index (χ0) is 12.4. The molecule has 0 spiro atoms. The lowest BCUT2D eigenvalue weighted by atomic mass is 10.2. The number of carbonyl (C=O) groups excluding carboxylic acids is 3. The molecule has 1 aromatic carbocycles. The van der Waals surface area contributed by atoms with Gasteiger partial charge in [0.05, 0.1) is 0 Å². The topological polar surface area (TPSA) is 60.2 Å². The molecule has 3 aliphatic rings. The summed E-state index contributed by atoms with van der Waals surface area (Å²) in [6, 6.07) is 5.44. The van der Waals surface area contributed by atoms with Crippen LogP contribution in [0.1, 0.15) is 0 Å². The number of benzene rings is 1. The summed E-state index contributed by atoms with van der Waals surface area (Å²) >= 11 is 0. The van der Waals surface area contributed by atoms with Crippen LogP contribution in [0.25, 0.3) is 0 Å². The predicted octanol–water partition coefficient (Wildman–Crippen LogP) is -0.274. The second-order valence-electron chi connectivity index (χ2n) is 4.65. The van der Waals surface area contributed by atoms with Crippen LogP contribution in [0.3, 0.4) is 0 Å². The van der Waals surface area contributed by atoms with Crippen molar-refractivity contribution in [3.05, 3.63) is 18.2 Å². The molecule has 0 aromatic heterocycles. The maximum atomic E-state index is 11.2. The van der Waals surface area contributed by atoms with Gasteiger partial charge in [0.25, 0.3) is 0 Å². The van der Waals surface area contributed by atoms with Crippen molar-refractivity contribution >= 4 is 34.8 Å². The maximum absolute atomic E-state index is 11.2. The predicted molar refractivity (Wildman–Crippen MR) is 63.5 cm³/mol. The van der Waals surface area contributed by atoms with Crippen molar-refractivity contribution in [2.75, 3.05) is 34.3 Å². The van der Waals surface area contributed by atoms with Crippen molar-refractivity contribution in [2.45, 2.75) is 0 Å². The lowest BCUT2D eigenvalue weighted by Crippen LogP contribution is -2.01. The second kappa shape index (κ2) is 2.90.